The zero-order valence-electron chi connectivity index (χ0n) is 14.7. The van der Waals surface area contributed by atoms with Crippen LogP contribution in [0.1, 0.15) is 35.5 Å². The van der Waals surface area contributed by atoms with Crippen LogP contribution in [0.2, 0.25) is 0 Å². The topological polar surface area (TPSA) is 112 Å². The molecule has 2 aromatic heterocycles. The molecule has 0 spiro atoms. The Labute approximate surface area is 153 Å². The van der Waals surface area contributed by atoms with Gasteiger partial charge in [0.1, 0.15) is 11.9 Å². The molecule has 1 aromatic carbocycles. The third-order valence-electron chi connectivity index (χ3n) is 4.32. The smallest absolute Gasteiger partial charge is 0.252 e. The highest BCUT2D eigenvalue weighted by molar-refractivity contribution is 5.85. The molecule has 7 nitrogen and oxygen atoms in total. The summed E-state index contributed by atoms with van der Waals surface area (Å²) < 4.78 is 13.5. The zero-order valence-corrected chi connectivity index (χ0v) is 14.7. The van der Waals surface area contributed by atoms with E-state index < -0.39 is 11.9 Å². The van der Waals surface area contributed by atoms with E-state index in [4.69, 9.17) is 5.26 Å². The van der Waals surface area contributed by atoms with Gasteiger partial charge in [0.15, 0.2) is 5.69 Å². The molecule has 3 aromatic rings. The second-order valence-electron chi connectivity index (χ2n) is 6.17. The molecular formula is C19H16FN5O2. The molecular weight excluding hydrogens is 349 g/mol. The van der Waals surface area contributed by atoms with Crippen molar-refractivity contribution in [2.24, 2.45) is 0 Å². The van der Waals surface area contributed by atoms with Crippen molar-refractivity contribution in [3.8, 4) is 6.07 Å². The highest BCUT2D eigenvalue weighted by atomic mass is 19.1. The third kappa shape index (κ3) is 3.82. The van der Waals surface area contributed by atoms with Crippen LogP contribution < -0.4 is 10.9 Å². The summed E-state index contributed by atoms with van der Waals surface area (Å²) in [6.45, 7) is 3.41. The second kappa shape index (κ2) is 7.33. The molecule has 3 rings (SSSR count). The van der Waals surface area contributed by atoms with Crippen molar-refractivity contribution >= 4 is 16.8 Å². The maximum absolute atomic E-state index is 13.5. The third-order valence-corrected chi connectivity index (χ3v) is 4.32. The normalized spacial score (nSPS) is 11.8. The summed E-state index contributed by atoms with van der Waals surface area (Å²) in [5.74, 6) is -0.793. The summed E-state index contributed by atoms with van der Waals surface area (Å²) in [5, 5.41) is 19.7. The predicted octanol–water partition coefficient (Wildman–Crippen LogP) is 2.06. The molecule has 1 atom stereocenters. The molecule has 0 saturated heterocycles. The summed E-state index contributed by atoms with van der Waals surface area (Å²) >= 11 is 0. The van der Waals surface area contributed by atoms with Gasteiger partial charge in [-0.2, -0.15) is 10.4 Å². The lowest BCUT2D eigenvalue weighted by Crippen LogP contribution is -2.31. The molecule has 0 aliphatic rings. The van der Waals surface area contributed by atoms with E-state index in [1.54, 1.807) is 19.9 Å². The van der Waals surface area contributed by atoms with E-state index in [1.807, 2.05) is 6.07 Å². The summed E-state index contributed by atoms with van der Waals surface area (Å²) in [5.41, 5.74) is 1.66. The van der Waals surface area contributed by atoms with Gasteiger partial charge in [0, 0.05) is 16.5 Å². The van der Waals surface area contributed by atoms with Crippen LogP contribution in [-0.4, -0.2) is 21.1 Å². The van der Waals surface area contributed by atoms with Crippen molar-refractivity contribution in [3.63, 3.8) is 0 Å². The minimum atomic E-state index is -0.449. The summed E-state index contributed by atoms with van der Waals surface area (Å²) in [4.78, 5) is 27.4. The number of nitrogens with zero attached hydrogens (tertiary/aromatic N) is 3. The SMILES string of the molecule is Cc1c(CC(=O)N[C@@H](C)c2ccc(C#N)nn2)c(=O)[nH]c2ccc(F)cc12. The number of nitrogens with one attached hydrogen (secondary N) is 2. The average Bonchev–Trinajstić information content (AvgIpc) is 2.66. The second-order valence-corrected chi connectivity index (χ2v) is 6.17. The largest absolute Gasteiger partial charge is 0.348 e. The van der Waals surface area contributed by atoms with Gasteiger partial charge in [-0.3, -0.25) is 9.59 Å². The number of aromatic nitrogens is 3. The van der Waals surface area contributed by atoms with Gasteiger partial charge in [-0.1, -0.05) is 0 Å². The highest BCUT2D eigenvalue weighted by Crippen LogP contribution is 2.19. The Hall–Kier alpha value is -3.60. The molecule has 0 saturated carbocycles. The van der Waals surface area contributed by atoms with Crippen molar-refractivity contribution < 1.29 is 9.18 Å². The van der Waals surface area contributed by atoms with Gasteiger partial charge in [0.2, 0.25) is 5.91 Å². The fourth-order valence-corrected chi connectivity index (χ4v) is 2.84. The van der Waals surface area contributed by atoms with Gasteiger partial charge in [0.05, 0.1) is 18.2 Å². The number of hydrogen-bond acceptors (Lipinski definition) is 5. The Morgan fingerprint density at radius 3 is 2.78 bits per heavy atom. The number of halogens is 1. The number of nitriles is 1. The summed E-state index contributed by atoms with van der Waals surface area (Å²) in [6.07, 6.45) is -0.151. The van der Waals surface area contributed by atoms with Gasteiger partial charge in [-0.05, 0) is 49.7 Å². The van der Waals surface area contributed by atoms with Crippen molar-refractivity contribution in [1.82, 2.24) is 20.5 Å². The van der Waals surface area contributed by atoms with Gasteiger partial charge in [-0.25, -0.2) is 4.39 Å². The van der Waals surface area contributed by atoms with E-state index in [2.05, 4.69) is 20.5 Å². The van der Waals surface area contributed by atoms with Crippen LogP contribution >= 0.6 is 0 Å². The van der Waals surface area contributed by atoms with Crippen molar-refractivity contribution in [3.05, 3.63) is 69.0 Å². The fraction of sp³-hybridized carbons (Fsp3) is 0.211. The van der Waals surface area contributed by atoms with Gasteiger partial charge in [0.25, 0.3) is 5.56 Å². The molecule has 136 valence electrons. The molecule has 2 heterocycles. The Morgan fingerprint density at radius 2 is 2.11 bits per heavy atom. The number of aryl methyl sites for hydroxylation is 1. The first-order valence-corrected chi connectivity index (χ1v) is 8.23. The monoisotopic (exact) mass is 365 g/mol. The molecule has 0 aliphatic heterocycles. The number of aromatic amines is 1. The molecule has 0 unspecified atom stereocenters. The van der Waals surface area contributed by atoms with E-state index in [-0.39, 0.29) is 29.1 Å². The van der Waals surface area contributed by atoms with Crippen molar-refractivity contribution in [1.29, 1.82) is 5.26 Å². The average molecular weight is 365 g/mol. The van der Waals surface area contributed by atoms with Crippen LogP contribution in [0.3, 0.4) is 0 Å². The lowest BCUT2D eigenvalue weighted by atomic mass is 10.0. The number of carbonyl (C=O) groups is 1. The first-order chi connectivity index (χ1) is 12.9. The maximum atomic E-state index is 13.5. The number of H-pyrrole nitrogens is 1. The number of amides is 1. The Kier molecular flexibility index (Phi) is 4.94. The lowest BCUT2D eigenvalue weighted by molar-refractivity contribution is -0.121. The number of fused-ring (bicyclic) bond motifs is 1. The molecule has 27 heavy (non-hydrogen) atoms. The molecule has 0 bridgehead atoms. The van der Waals surface area contributed by atoms with E-state index in [0.29, 0.717) is 22.2 Å². The number of carbonyl (C=O) groups excluding carboxylic acids is 1. The van der Waals surface area contributed by atoms with Crippen LogP contribution in [0.25, 0.3) is 10.9 Å². The molecule has 0 radical (unpaired) electrons. The first kappa shape index (κ1) is 18.2. The van der Waals surface area contributed by atoms with Crippen LogP contribution in [0.5, 0.6) is 0 Å². The van der Waals surface area contributed by atoms with Crippen LogP contribution in [-0.2, 0) is 11.2 Å². The Balaban J connectivity index is 1.81. The molecule has 0 aliphatic carbocycles. The Bertz CT molecular complexity index is 1120. The number of hydrogen-bond donors (Lipinski definition) is 2. The fourth-order valence-electron chi connectivity index (χ4n) is 2.84. The van der Waals surface area contributed by atoms with Gasteiger partial charge in [-0.15, -0.1) is 5.10 Å². The molecule has 1 amide bonds. The molecule has 0 fully saturated rings. The zero-order chi connectivity index (χ0) is 19.6. The Morgan fingerprint density at radius 1 is 1.33 bits per heavy atom. The maximum Gasteiger partial charge on any atom is 0.252 e. The number of pyridine rings is 1. The van der Waals surface area contributed by atoms with Crippen LogP contribution in [0.15, 0.2) is 35.1 Å². The quantitative estimate of drug-likeness (QED) is 0.735. The van der Waals surface area contributed by atoms with E-state index >= 15 is 0 Å². The standard InChI is InChI=1S/C19H16FN5O2/c1-10-14-7-12(20)3-5-17(14)23-19(27)15(10)8-18(26)22-11(2)16-6-4-13(9-21)24-25-16/h3-7,11H,8H2,1-2H3,(H,22,26)(H,23,27)/t11-/m0/s1. The van der Waals surface area contributed by atoms with E-state index in [1.165, 1.54) is 24.3 Å². The van der Waals surface area contributed by atoms with Gasteiger partial charge >= 0.3 is 0 Å². The summed E-state index contributed by atoms with van der Waals surface area (Å²) in [7, 11) is 0. The highest BCUT2D eigenvalue weighted by Gasteiger charge is 2.16. The van der Waals surface area contributed by atoms with Crippen molar-refractivity contribution in [2.75, 3.05) is 0 Å². The van der Waals surface area contributed by atoms with Crippen molar-refractivity contribution in [2.45, 2.75) is 26.3 Å². The van der Waals surface area contributed by atoms with Crippen LogP contribution in [0.4, 0.5) is 4.39 Å². The first-order valence-electron chi connectivity index (χ1n) is 8.23. The van der Waals surface area contributed by atoms with Gasteiger partial charge < -0.3 is 10.3 Å². The van der Waals surface area contributed by atoms with Crippen LogP contribution in [0, 0.1) is 24.1 Å². The minimum Gasteiger partial charge on any atom is -0.348 e. The molecule has 2 N–H and O–H groups in total. The number of rotatable bonds is 4. The molecule has 8 heteroatoms. The minimum absolute atomic E-state index is 0.151. The number of benzene rings is 1. The lowest BCUT2D eigenvalue weighted by Gasteiger charge is -2.14. The van der Waals surface area contributed by atoms with E-state index in [9.17, 15) is 14.0 Å². The summed E-state index contributed by atoms with van der Waals surface area (Å²) in [6, 6.07) is 8.63. The van der Waals surface area contributed by atoms with E-state index in [0.717, 1.165) is 0 Å². The predicted molar refractivity (Wildman–Crippen MR) is 96.3 cm³/mol.